The lowest BCUT2D eigenvalue weighted by Crippen LogP contribution is -2.25. The van der Waals surface area contributed by atoms with Crippen LogP contribution in [0.1, 0.15) is 25.9 Å². The molecular formula is C12H14N2OS2. The zero-order valence-corrected chi connectivity index (χ0v) is 11.7. The van der Waals surface area contributed by atoms with E-state index in [-0.39, 0.29) is 5.91 Å². The van der Waals surface area contributed by atoms with Crippen molar-refractivity contribution in [2.45, 2.75) is 20.4 Å². The fraction of sp³-hybridized carbons (Fsp3) is 0.333. The molecule has 0 N–H and O–H groups in total. The number of hydrogen-bond donors (Lipinski definition) is 0. The van der Waals surface area contributed by atoms with Gasteiger partial charge in [0, 0.05) is 13.6 Å². The van der Waals surface area contributed by atoms with Gasteiger partial charge in [-0.15, -0.1) is 11.3 Å². The predicted molar refractivity (Wildman–Crippen MR) is 71.7 cm³/mol. The molecule has 0 atom stereocenters. The summed E-state index contributed by atoms with van der Waals surface area (Å²) in [6.07, 6.45) is 0. The average Bonchev–Trinajstić information content (AvgIpc) is 2.87. The van der Waals surface area contributed by atoms with Crippen LogP contribution in [0, 0.1) is 13.8 Å². The van der Waals surface area contributed by atoms with Crippen LogP contribution in [0.4, 0.5) is 0 Å². The zero-order valence-electron chi connectivity index (χ0n) is 10.1. The van der Waals surface area contributed by atoms with Gasteiger partial charge in [-0.2, -0.15) is 11.3 Å². The Labute approximate surface area is 109 Å². The normalized spacial score (nSPS) is 10.5. The Morgan fingerprint density at radius 3 is 2.76 bits per heavy atom. The molecule has 0 spiro atoms. The van der Waals surface area contributed by atoms with Crippen molar-refractivity contribution in [3.8, 4) is 0 Å². The molecule has 1 amide bonds. The molecule has 5 heteroatoms. The van der Waals surface area contributed by atoms with Crippen LogP contribution in [0.2, 0.25) is 0 Å². The minimum atomic E-state index is 0.0549. The molecule has 2 heterocycles. The number of carbonyl (C=O) groups excluding carboxylic acids is 1. The summed E-state index contributed by atoms with van der Waals surface area (Å²) in [5, 5.41) is 5.03. The Balaban J connectivity index is 2.12. The van der Waals surface area contributed by atoms with Crippen molar-refractivity contribution in [2.75, 3.05) is 7.05 Å². The largest absolute Gasteiger partial charge is 0.337 e. The SMILES string of the molecule is Cc1nc(C)c(C(=O)N(C)Cc2ccsc2)s1. The van der Waals surface area contributed by atoms with Gasteiger partial charge >= 0.3 is 0 Å². The van der Waals surface area contributed by atoms with Gasteiger partial charge in [0.2, 0.25) is 0 Å². The number of amides is 1. The standard InChI is InChI=1S/C12H14N2OS2/c1-8-11(17-9(2)13-8)12(15)14(3)6-10-4-5-16-7-10/h4-5,7H,6H2,1-3H3. The molecule has 0 radical (unpaired) electrons. The van der Waals surface area contributed by atoms with Crippen molar-refractivity contribution < 1.29 is 4.79 Å². The number of carbonyl (C=O) groups is 1. The van der Waals surface area contributed by atoms with Crippen molar-refractivity contribution in [3.05, 3.63) is 38.0 Å². The Kier molecular flexibility index (Phi) is 3.59. The summed E-state index contributed by atoms with van der Waals surface area (Å²) in [6, 6.07) is 2.04. The van der Waals surface area contributed by atoms with E-state index in [1.807, 2.05) is 32.3 Å². The highest BCUT2D eigenvalue weighted by atomic mass is 32.1. The van der Waals surface area contributed by atoms with Gasteiger partial charge in [0.1, 0.15) is 4.88 Å². The minimum absolute atomic E-state index is 0.0549. The van der Waals surface area contributed by atoms with Crippen LogP contribution in [0.15, 0.2) is 16.8 Å². The summed E-state index contributed by atoms with van der Waals surface area (Å²) in [4.78, 5) is 19.0. The summed E-state index contributed by atoms with van der Waals surface area (Å²) in [6.45, 7) is 4.46. The molecule has 0 saturated carbocycles. The highest BCUT2D eigenvalue weighted by Crippen LogP contribution is 2.20. The topological polar surface area (TPSA) is 33.2 Å². The van der Waals surface area contributed by atoms with Crippen molar-refractivity contribution in [1.29, 1.82) is 0 Å². The third-order valence-corrected chi connectivity index (χ3v) is 4.24. The first-order valence-electron chi connectivity index (χ1n) is 5.28. The Morgan fingerprint density at radius 2 is 2.24 bits per heavy atom. The summed E-state index contributed by atoms with van der Waals surface area (Å²) < 4.78 is 0. The van der Waals surface area contributed by atoms with Crippen molar-refractivity contribution in [3.63, 3.8) is 0 Å². The molecule has 0 fully saturated rings. The first-order valence-corrected chi connectivity index (χ1v) is 7.04. The van der Waals surface area contributed by atoms with Gasteiger partial charge < -0.3 is 4.90 Å². The number of nitrogens with zero attached hydrogens (tertiary/aromatic N) is 2. The third kappa shape index (κ3) is 2.73. The Hall–Kier alpha value is -1.20. The molecule has 0 aromatic carbocycles. The Morgan fingerprint density at radius 1 is 1.47 bits per heavy atom. The second-order valence-electron chi connectivity index (χ2n) is 3.94. The van der Waals surface area contributed by atoms with Gasteiger partial charge in [0.05, 0.1) is 10.7 Å². The van der Waals surface area contributed by atoms with E-state index >= 15 is 0 Å². The number of aryl methyl sites for hydroxylation is 2. The van der Waals surface area contributed by atoms with Crippen LogP contribution in [0.25, 0.3) is 0 Å². The van der Waals surface area contributed by atoms with E-state index in [1.54, 1.807) is 16.2 Å². The van der Waals surface area contributed by atoms with Crippen LogP contribution in [-0.4, -0.2) is 22.8 Å². The molecule has 2 aromatic rings. The van der Waals surface area contributed by atoms with E-state index in [1.165, 1.54) is 16.9 Å². The summed E-state index contributed by atoms with van der Waals surface area (Å²) in [7, 11) is 1.83. The molecule has 90 valence electrons. The molecule has 0 unspecified atom stereocenters. The average molecular weight is 266 g/mol. The first kappa shape index (κ1) is 12.3. The molecule has 17 heavy (non-hydrogen) atoms. The van der Waals surface area contributed by atoms with E-state index < -0.39 is 0 Å². The van der Waals surface area contributed by atoms with E-state index in [9.17, 15) is 4.79 Å². The van der Waals surface area contributed by atoms with Crippen LogP contribution in [0.3, 0.4) is 0 Å². The summed E-state index contributed by atoms with van der Waals surface area (Å²) >= 11 is 3.11. The number of hydrogen-bond acceptors (Lipinski definition) is 4. The lowest BCUT2D eigenvalue weighted by Gasteiger charge is -2.15. The summed E-state index contributed by atoms with van der Waals surface area (Å²) in [5.74, 6) is 0.0549. The molecule has 0 bridgehead atoms. The van der Waals surface area contributed by atoms with Crippen LogP contribution < -0.4 is 0 Å². The molecule has 0 aliphatic heterocycles. The summed E-state index contributed by atoms with van der Waals surface area (Å²) in [5.41, 5.74) is 2.00. The van der Waals surface area contributed by atoms with E-state index in [2.05, 4.69) is 10.4 Å². The van der Waals surface area contributed by atoms with Gasteiger partial charge in [-0.25, -0.2) is 4.98 Å². The van der Waals surface area contributed by atoms with Gasteiger partial charge in [-0.3, -0.25) is 4.79 Å². The number of aromatic nitrogens is 1. The van der Waals surface area contributed by atoms with E-state index in [0.29, 0.717) is 6.54 Å². The monoisotopic (exact) mass is 266 g/mol. The molecule has 3 nitrogen and oxygen atoms in total. The van der Waals surface area contributed by atoms with E-state index in [4.69, 9.17) is 0 Å². The number of rotatable bonds is 3. The first-order chi connectivity index (χ1) is 8.08. The van der Waals surface area contributed by atoms with Crippen molar-refractivity contribution in [2.24, 2.45) is 0 Å². The molecular weight excluding hydrogens is 252 g/mol. The van der Waals surface area contributed by atoms with Crippen LogP contribution >= 0.6 is 22.7 Å². The predicted octanol–water partition coefficient (Wildman–Crippen LogP) is 3.09. The van der Waals surface area contributed by atoms with E-state index in [0.717, 1.165) is 15.6 Å². The van der Waals surface area contributed by atoms with Gasteiger partial charge in [0.15, 0.2) is 0 Å². The third-order valence-electron chi connectivity index (χ3n) is 2.44. The fourth-order valence-corrected chi connectivity index (χ4v) is 3.21. The minimum Gasteiger partial charge on any atom is -0.337 e. The van der Waals surface area contributed by atoms with Crippen LogP contribution in [-0.2, 0) is 6.54 Å². The van der Waals surface area contributed by atoms with Crippen molar-refractivity contribution >= 4 is 28.6 Å². The highest BCUT2D eigenvalue weighted by Gasteiger charge is 2.17. The Bertz CT molecular complexity index is 517. The maximum atomic E-state index is 12.2. The number of thiophene rings is 1. The quantitative estimate of drug-likeness (QED) is 0.855. The molecule has 0 aliphatic rings. The second kappa shape index (κ2) is 4.98. The number of thiazole rings is 1. The lowest BCUT2D eigenvalue weighted by atomic mass is 10.3. The second-order valence-corrected chi connectivity index (χ2v) is 5.92. The van der Waals surface area contributed by atoms with Gasteiger partial charge in [-0.1, -0.05) is 0 Å². The lowest BCUT2D eigenvalue weighted by molar-refractivity contribution is 0.0789. The van der Waals surface area contributed by atoms with Crippen LogP contribution in [0.5, 0.6) is 0 Å². The molecule has 0 aliphatic carbocycles. The zero-order chi connectivity index (χ0) is 12.4. The van der Waals surface area contributed by atoms with Gasteiger partial charge in [-0.05, 0) is 36.2 Å². The smallest absolute Gasteiger partial charge is 0.265 e. The fourth-order valence-electron chi connectivity index (χ4n) is 1.63. The molecule has 2 rings (SSSR count). The maximum absolute atomic E-state index is 12.2. The van der Waals surface area contributed by atoms with Crippen molar-refractivity contribution in [1.82, 2.24) is 9.88 Å². The van der Waals surface area contributed by atoms with Gasteiger partial charge in [0.25, 0.3) is 5.91 Å². The highest BCUT2D eigenvalue weighted by molar-refractivity contribution is 7.13. The maximum Gasteiger partial charge on any atom is 0.265 e. The molecule has 0 saturated heterocycles. The molecule has 2 aromatic heterocycles.